The molecule has 0 saturated heterocycles. The molecule has 0 aromatic heterocycles. The molecule has 1 aromatic rings. The van der Waals surface area contributed by atoms with Crippen molar-refractivity contribution in [3.05, 3.63) is 22.2 Å². The highest BCUT2D eigenvalue weighted by atomic mass is 79.9. The fraction of sp³-hybridized carbons (Fsp3) is 0.455. The van der Waals surface area contributed by atoms with E-state index in [1.54, 1.807) is 0 Å². The smallest absolute Gasteiger partial charge is 0.455 e. The maximum Gasteiger partial charge on any atom is 0.455 e. The van der Waals surface area contributed by atoms with Crippen LogP contribution < -0.4 is 9.47 Å². The number of rotatable bonds is 4. The van der Waals surface area contributed by atoms with Crippen LogP contribution in [0.3, 0.4) is 0 Å². The van der Waals surface area contributed by atoms with Crippen LogP contribution in [0.2, 0.25) is 0 Å². The van der Waals surface area contributed by atoms with E-state index < -0.39 is 23.0 Å². The van der Waals surface area contributed by atoms with Crippen LogP contribution >= 0.6 is 27.5 Å². The minimum atomic E-state index is -5.76. The lowest BCUT2D eigenvalue weighted by Crippen LogP contribution is -2.40. The van der Waals surface area contributed by atoms with Crippen molar-refractivity contribution in [2.75, 3.05) is 14.2 Å². The largest absolute Gasteiger partial charge is 0.493 e. The lowest BCUT2D eigenvalue weighted by Gasteiger charge is -2.25. The molecule has 9 heteroatoms. The summed E-state index contributed by atoms with van der Waals surface area (Å²) in [7, 11) is 2.52. The van der Waals surface area contributed by atoms with Gasteiger partial charge in [-0.1, -0.05) is 15.9 Å². The summed E-state index contributed by atoms with van der Waals surface area (Å²) in [4.78, 5) is 0. The number of benzene rings is 1. The maximum atomic E-state index is 13.3. The Bertz CT molecular complexity index is 492. The van der Waals surface area contributed by atoms with E-state index in [2.05, 4.69) is 15.9 Å². The third-order valence-corrected chi connectivity index (χ3v) is 3.67. The highest BCUT2D eigenvalue weighted by Crippen LogP contribution is 2.50. The molecule has 1 rings (SSSR count). The van der Waals surface area contributed by atoms with Crippen molar-refractivity contribution < 1.29 is 31.4 Å². The summed E-state index contributed by atoms with van der Waals surface area (Å²) in [6.45, 7) is 0. The molecule has 0 aliphatic heterocycles. The second-order valence-corrected chi connectivity index (χ2v) is 5.00. The van der Waals surface area contributed by atoms with Gasteiger partial charge in [0.1, 0.15) is 5.38 Å². The number of methoxy groups -OCH3 is 2. The van der Waals surface area contributed by atoms with Crippen molar-refractivity contribution in [3.8, 4) is 11.5 Å². The number of hydrogen-bond acceptors (Lipinski definition) is 2. The van der Waals surface area contributed by atoms with E-state index in [1.807, 2.05) is 0 Å². The van der Waals surface area contributed by atoms with Crippen LogP contribution in [0.25, 0.3) is 0 Å². The van der Waals surface area contributed by atoms with Crippen molar-refractivity contribution in [2.24, 2.45) is 0 Å². The summed E-state index contributed by atoms with van der Waals surface area (Å²) in [5.41, 5.74) is -0.452. The van der Waals surface area contributed by atoms with Crippen molar-refractivity contribution in [1.82, 2.24) is 0 Å². The highest BCUT2D eigenvalue weighted by Gasteiger charge is 2.62. The summed E-state index contributed by atoms with van der Waals surface area (Å²) in [5, 5.41) is -2.60. The minimum absolute atomic E-state index is 0.00526. The molecule has 1 unspecified atom stereocenters. The first-order valence-electron chi connectivity index (χ1n) is 5.06. The van der Waals surface area contributed by atoms with Gasteiger partial charge in [-0.25, -0.2) is 0 Å². The fourth-order valence-electron chi connectivity index (χ4n) is 1.40. The fourth-order valence-corrected chi connectivity index (χ4v) is 2.39. The summed E-state index contributed by atoms with van der Waals surface area (Å²) in [5.74, 6) is -4.92. The molecule has 114 valence electrons. The van der Waals surface area contributed by atoms with Crippen molar-refractivity contribution in [1.29, 1.82) is 0 Å². The summed E-state index contributed by atoms with van der Waals surface area (Å²) in [6.07, 6.45) is -5.76. The van der Waals surface area contributed by atoms with Crippen LogP contribution in [0.1, 0.15) is 10.9 Å². The van der Waals surface area contributed by atoms with Gasteiger partial charge in [-0.3, -0.25) is 0 Å². The zero-order chi connectivity index (χ0) is 15.7. The molecule has 0 saturated carbocycles. The van der Waals surface area contributed by atoms with Gasteiger partial charge in [0, 0.05) is 4.47 Å². The second-order valence-electron chi connectivity index (χ2n) is 3.71. The molecule has 0 heterocycles. The van der Waals surface area contributed by atoms with Crippen LogP contribution in [-0.4, -0.2) is 26.3 Å². The summed E-state index contributed by atoms with van der Waals surface area (Å²) >= 11 is 8.21. The van der Waals surface area contributed by atoms with Gasteiger partial charge < -0.3 is 9.47 Å². The molecular weight excluding hydrogens is 374 g/mol. The van der Waals surface area contributed by atoms with E-state index in [4.69, 9.17) is 21.1 Å². The topological polar surface area (TPSA) is 18.5 Å². The van der Waals surface area contributed by atoms with E-state index in [0.29, 0.717) is 0 Å². The molecule has 0 N–H and O–H groups in total. The Labute approximate surface area is 124 Å². The first-order valence-corrected chi connectivity index (χ1v) is 6.29. The van der Waals surface area contributed by atoms with E-state index in [9.17, 15) is 22.0 Å². The summed E-state index contributed by atoms with van der Waals surface area (Å²) < 4.78 is 73.2. The number of halogens is 7. The Morgan fingerprint density at radius 3 is 1.90 bits per heavy atom. The van der Waals surface area contributed by atoms with Crippen LogP contribution in [0.4, 0.5) is 22.0 Å². The number of hydrogen-bond donors (Lipinski definition) is 0. The molecule has 0 radical (unpaired) electrons. The minimum Gasteiger partial charge on any atom is -0.493 e. The Hall–Kier alpha value is -0.760. The molecule has 0 fully saturated rings. The average molecular weight is 384 g/mol. The predicted molar refractivity (Wildman–Crippen MR) is 66.8 cm³/mol. The first kappa shape index (κ1) is 17.3. The van der Waals surface area contributed by atoms with Crippen molar-refractivity contribution in [3.63, 3.8) is 0 Å². The normalized spacial score (nSPS) is 14.1. The second kappa shape index (κ2) is 5.93. The lowest BCUT2D eigenvalue weighted by molar-refractivity contribution is -0.283. The molecule has 0 spiro atoms. The van der Waals surface area contributed by atoms with Gasteiger partial charge >= 0.3 is 12.1 Å². The van der Waals surface area contributed by atoms with Gasteiger partial charge in [0.05, 0.1) is 14.2 Å². The molecule has 0 aliphatic carbocycles. The van der Waals surface area contributed by atoms with Crippen molar-refractivity contribution >= 4 is 27.5 Å². The molecule has 2 nitrogen and oxygen atoms in total. The maximum absolute atomic E-state index is 13.3. The number of ether oxygens (including phenoxy) is 2. The quantitative estimate of drug-likeness (QED) is 0.541. The van der Waals surface area contributed by atoms with Crippen molar-refractivity contribution in [2.45, 2.75) is 17.5 Å². The Morgan fingerprint density at radius 1 is 1.05 bits per heavy atom. The number of alkyl halides is 6. The van der Waals surface area contributed by atoms with Gasteiger partial charge in [0.2, 0.25) is 0 Å². The zero-order valence-corrected chi connectivity index (χ0v) is 12.5. The molecule has 0 bridgehead atoms. The molecular formula is C11H9BrClF5O2. The monoisotopic (exact) mass is 382 g/mol. The molecule has 1 atom stereocenters. The first-order chi connectivity index (χ1) is 9.06. The van der Waals surface area contributed by atoms with Gasteiger partial charge in [-0.15, -0.1) is 11.6 Å². The Kier molecular flexibility index (Phi) is 5.13. The highest BCUT2D eigenvalue weighted by molar-refractivity contribution is 9.10. The Balaban J connectivity index is 3.33. The van der Waals surface area contributed by atoms with E-state index >= 15 is 0 Å². The SMILES string of the molecule is COc1cc(Br)c(C(Cl)C(F)(F)C(F)(F)F)cc1OC. The molecule has 1 aromatic carbocycles. The zero-order valence-electron chi connectivity index (χ0n) is 10.2. The van der Waals surface area contributed by atoms with Crippen LogP contribution in [-0.2, 0) is 0 Å². The predicted octanol–water partition coefficient (Wildman–Crippen LogP) is 4.94. The molecule has 20 heavy (non-hydrogen) atoms. The van der Waals surface area contributed by atoms with Crippen LogP contribution in [0.15, 0.2) is 16.6 Å². The molecule has 0 aliphatic rings. The lowest BCUT2D eigenvalue weighted by atomic mass is 10.1. The van der Waals surface area contributed by atoms with E-state index in [1.165, 1.54) is 20.3 Å². The third kappa shape index (κ3) is 3.11. The van der Waals surface area contributed by atoms with Gasteiger partial charge in [-0.05, 0) is 17.7 Å². The van der Waals surface area contributed by atoms with E-state index in [0.717, 1.165) is 6.07 Å². The standard InChI is InChI=1S/C11H9BrClF5O2/c1-19-7-3-5(6(12)4-8(7)20-2)9(13)10(14,15)11(16,17)18/h3-4,9H,1-2H3. The van der Waals surface area contributed by atoms with Gasteiger partial charge in [0.15, 0.2) is 11.5 Å². The van der Waals surface area contributed by atoms with Crippen LogP contribution in [0.5, 0.6) is 11.5 Å². The third-order valence-electron chi connectivity index (χ3n) is 2.47. The Morgan fingerprint density at radius 2 is 1.50 bits per heavy atom. The summed E-state index contributed by atoms with van der Waals surface area (Å²) in [6, 6.07) is 2.18. The van der Waals surface area contributed by atoms with E-state index in [-0.39, 0.29) is 16.0 Å². The van der Waals surface area contributed by atoms with Gasteiger partial charge in [-0.2, -0.15) is 22.0 Å². The van der Waals surface area contributed by atoms with Gasteiger partial charge in [0.25, 0.3) is 0 Å². The average Bonchev–Trinajstić information content (AvgIpc) is 2.36. The molecule has 0 amide bonds. The van der Waals surface area contributed by atoms with Crippen LogP contribution in [0, 0.1) is 0 Å².